The molecule has 1 unspecified atom stereocenters. The molecule has 0 saturated heterocycles. The first-order valence-electron chi connectivity index (χ1n) is 6.88. The number of ether oxygens (including phenoxy) is 1. The van der Waals surface area contributed by atoms with Crippen LogP contribution >= 0.6 is 0 Å². The minimum Gasteiger partial charge on any atom is -0.388 e. The van der Waals surface area contributed by atoms with Crippen LogP contribution in [-0.4, -0.2) is 24.5 Å². The van der Waals surface area contributed by atoms with Gasteiger partial charge in [-0.25, -0.2) is 0 Å². The van der Waals surface area contributed by atoms with Crippen molar-refractivity contribution in [2.75, 3.05) is 13.2 Å². The fourth-order valence-electron chi connectivity index (χ4n) is 2.31. The molecular formula is C15H19F3O2. The van der Waals surface area contributed by atoms with Gasteiger partial charge in [-0.2, -0.15) is 13.2 Å². The highest BCUT2D eigenvalue weighted by Gasteiger charge is 2.27. The summed E-state index contributed by atoms with van der Waals surface area (Å²) in [5, 5.41) is 9.99. The summed E-state index contributed by atoms with van der Waals surface area (Å²) in [7, 11) is 0. The summed E-state index contributed by atoms with van der Waals surface area (Å²) in [6, 6.07) is 7.69. The highest BCUT2D eigenvalue weighted by Crippen LogP contribution is 2.37. The number of hydrogen-bond donors (Lipinski definition) is 1. The Morgan fingerprint density at radius 1 is 1.30 bits per heavy atom. The normalized spacial score (nSPS) is 17.8. The molecule has 20 heavy (non-hydrogen) atoms. The standard InChI is InChI=1S/C15H19F3O2/c16-15(17,18)10-20-8-7-14(19)13-6-2-5-12(9-13)11-3-1-4-11/h2,5-6,9,11,14,19H,1,3-4,7-8,10H2. The van der Waals surface area contributed by atoms with Crippen molar-refractivity contribution in [3.63, 3.8) is 0 Å². The van der Waals surface area contributed by atoms with Crippen molar-refractivity contribution >= 4 is 0 Å². The molecular weight excluding hydrogens is 269 g/mol. The van der Waals surface area contributed by atoms with Crippen LogP contribution in [0.15, 0.2) is 24.3 Å². The summed E-state index contributed by atoms with van der Waals surface area (Å²) in [6.45, 7) is -1.36. The molecule has 5 heteroatoms. The Kier molecular flexibility index (Phi) is 5.05. The van der Waals surface area contributed by atoms with E-state index in [1.54, 1.807) is 6.07 Å². The van der Waals surface area contributed by atoms with E-state index in [1.165, 1.54) is 24.8 Å². The molecule has 1 aliphatic rings. The molecule has 1 aromatic carbocycles. The van der Waals surface area contributed by atoms with E-state index in [2.05, 4.69) is 4.74 Å². The largest absolute Gasteiger partial charge is 0.411 e. The predicted molar refractivity (Wildman–Crippen MR) is 69.5 cm³/mol. The lowest BCUT2D eigenvalue weighted by atomic mass is 9.79. The van der Waals surface area contributed by atoms with Crippen LogP contribution in [0.25, 0.3) is 0 Å². The molecule has 0 radical (unpaired) electrons. The number of benzene rings is 1. The van der Waals surface area contributed by atoms with E-state index in [9.17, 15) is 18.3 Å². The summed E-state index contributed by atoms with van der Waals surface area (Å²) in [4.78, 5) is 0. The van der Waals surface area contributed by atoms with Crippen molar-refractivity contribution in [3.8, 4) is 0 Å². The number of rotatable bonds is 6. The fraction of sp³-hybridized carbons (Fsp3) is 0.600. The summed E-state index contributed by atoms with van der Waals surface area (Å²) in [5.41, 5.74) is 1.97. The van der Waals surface area contributed by atoms with Gasteiger partial charge in [-0.05, 0) is 29.9 Å². The van der Waals surface area contributed by atoms with E-state index < -0.39 is 18.9 Å². The Labute approximate surface area is 116 Å². The first kappa shape index (κ1) is 15.3. The minimum absolute atomic E-state index is 0.103. The highest BCUT2D eigenvalue weighted by atomic mass is 19.4. The first-order valence-corrected chi connectivity index (χ1v) is 6.88. The number of hydrogen-bond acceptors (Lipinski definition) is 2. The summed E-state index contributed by atoms with van der Waals surface area (Å²) < 4.78 is 40.2. The maximum Gasteiger partial charge on any atom is 0.411 e. The number of alkyl halides is 3. The summed E-state index contributed by atoms with van der Waals surface area (Å²) in [5.74, 6) is 0.573. The maximum atomic E-state index is 11.9. The van der Waals surface area contributed by atoms with Gasteiger partial charge in [-0.1, -0.05) is 30.7 Å². The molecule has 2 nitrogen and oxygen atoms in total. The zero-order chi connectivity index (χ0) is 14.6. The fourth-order valence-corrected chi connectivity index (χ4v) is 2.31. The van der Waals surface area contributed by atoms with Crippen LogP contribution in [-0.2, 0) is 4.74 Å². The van der Waals surface area contributed by atoms with Crippen molar-refractivity contribution in [2.24, 2.45) is 0 Å². The average Bonchev–Trinajstić information content (AvgIpc) is 2.31. The third kappa shape index (κ3) is 4.49. The van der Waals surface area contributed by atoms with Gasteiger partial charge in [0.05, 0.1) is 6.10 Å². The van der Waals surface area contributed by atoms with Crippen LogP contribution in [0.4, 0.5) is 13.2 Å². The van der Waals surface area contributed by atoms with Gasteiger partial charge in [0.15, 0.2) is 0 Å². The molecule has 0 bridgehead atoms. The second-order valence-electron chi connectivity index (χ2n) is 5.27. The van der Waals surface area contributed by atoms with Crippen molar-refractivity contribution in [2.45, 2.75) is 43.9 Å². The van der Waals surface area contributed by atoms with Crippen LogP contribution in [0, 0.1) is 0 Å². The summed E-state index contributed by atoms with van der Waals surface area (Å²) in [6.07, 6.45) is -1.33. The Bertz CT molecular complexity index is 427. The summed E-state index contributed by atoms with van der Waals surface area (Å²) >= 11 is 0. The molecule has 0 aromatic heterocycles. The van der Waals surface area contributed by atoms with Gasteiger partial charge in [0.1, 0.15) is 6.61 Å². The van der Waals surface area contributed by atoms with E-state index in [0.717, 1.165) is 5.56 Å². The van der Waals surface area contributed by atoms with Crippen LogP contribution in [0.1, 0.15) is 48.8 Å². The Morgan fingerprint density at radius 2 is 2.05 bits per heavy atom. The van der Waals surface area contributed by atoms with Crippen molar-refractivity contribution in [1.82, 2.24) is 0 Å². The molecule has 0 spiro atoms. The van der Waals surface area contributed by atoms with Gasteiger partial charge in [0.2, 0.25) is 0 Å². The molecule has 0 aliphatic heterocycles. The lowest BCUT2D eigenvalue weighted by molar-refractivity contribution is -0.175. The van der Waals surface area contributed by atoms with Gasteiger partial charge in [0.25, 0.3) is 0 Å². The van der Waals surface area contributed by atoms with Crippen LogP contribution in [0.2, 0.25) is 0 Å². The minimum atomic E-state index is -4.31. The zero-order valence-electron chi connectivity index (χ0n) is 11.2. The quantitative estimate of drug-likeness (QED) is 0.803. The molecule has 1 aromatic rings. The van der Waals surface area contributed by atoms with Gasteiger partial charge in [0, 0.05) is 13.0 Å². The first-order chi connectivity index (χ1) is 9.46. The average molecular weight is 288 g/mol. The van der Waals surface area contributed by atoms with Crippen molar-refractivity contribution in [1.29, 1.82) is 0 Å². The molecule has 1 aliphatic carbocycles. The topological polar surface area (TPSA) is 29.5 Å². The second-order valence-corrected chi connectivity index (χ2v) is 5.27. The zero-order valence-corrected chi connectivity index (χ0v) is 11.2. The van der Waals surface area contributed by atoms with Crippen molar-refractivity contribution in [3.05, 3.63) is 35.4 Å². The molecule has 0 heterocycles. The third-order valence-corrected chi connectivity index (χ3v) is 3.67. The van der Waals surface area contributed by atoms with E-state index in [4.69, 9.17) is 0 Å². The van der Waals surface area contributed by atoms with E-state index >= 15 is 0 Å². The van der Waals surface area contributed by atoms with Gasteiger partial charge >= 0.3 is 6.18 Å². The Hall–Kier alpha value is -1.07. The number of aliphatic hydroxyl groups excluding tert-OH is 1. The van der Waals surface area contributed by atoms with Gasteiger partial charge in [-0.3, -0.25) is 0 Å². The second kappa shape index (κ2) is 6.59. The molecule has 1 fully saturated rings. The molecule has 112 valence electrons. The smallest absolute Gasteiger partial charge is 0.388 e. The number of aliphatic hydroxyl groups is 1. The molecule has 0 amide bonds. The third-order valence-electron chi connectivity index (χ3n) is 3.67. The lowest BCUT2D eigenvalue weighted by Crippen LogP contribution is -2.18. The predicted octanol–water partition coefficient (Wildman–Crippen LogP) is 3.96. The van der Waals surface area contributed by atoms with Crippen molar-refractivity contribution < 1.29 is 23.0 Å². The Morgan fingerprint density at radius 3 is 2.65 bits per heavy atom. The molecule has 1 N–H and O–H groups in total. The maximum absolute atomic E-state index is 11.9. The van der Waals surface area contributed by atoms with E-state index in [0.29, 0.717) is 5.92 Å². The van der Waals surface area contributed by atoms with E-state index in [-0.39, 0.29) is 13.0 Å². The van der Waals surface area contributed by atoms with Crippen LogP contribution in [0.5, 0.6) is 0 Å². The van der Waals surface area contributed by atoms with Crippen LogP contribution < -0.4 is 0 Å². The lowest BCUT2D eigenvalue weighted by Gasteiger charge is -2.26. The molecule has 1 saturated carbocycles. The SMILES string of the molecule is OC(CCOCC(F)(F)F)c1cccc(C2CCC2)c1. The van der Waals surface area contributed by atoms with Crippen LogP contribution in [0.3, 0.4) is 0 Å². The van der Waals surface area contributed by atoms with Gasteiger partial charge in [-0.15, -0.1) is 0 Å². The van der Waals surface area contributed by atoms with Gasteiger partial charge < -0.3 is 9.84 Å². The monoisotopic (exact) mass is 288 g/mol. The molecule has 1 atom stereocenters. The highest BCUT2D eigenvalue weighted by molar-refractivity contribution is 5.28. The Balaban J connectivity index is 1.81. The molecule has 2 rings (SSSR count). The number of halogens is 3. The van der Waals surface area contributed by atoms with E-state index in [1.807, 2.05) is 18.2 Å².